The van der Waals surface area contributed by atoms with Crippen LogP contribution in [-0.4, -0.2) is 4.98 Å². The van der Waals surface area contributed by atoms with Gasteiger partial charge >= 0.3 is 0 Å². The number of rotatable bonds is 2. The van der Waals surface area contributed by atoms with Crippen LogP contribution in [0.5, 0.6) is 0 Å². The maximum atomic E-state index is 10.5. The molecule has 3 heteroatoms. The third kappa shape index (κ3) is 1.72. The van der Waals surface area contributed by atoms with Crippen LogP contribution >= 0.6 is 0 Å². The number of H-pyrrole nitrogens is 1. The molecule has 3 nitrogen and oxygen atoms in total. The molecule has 82 valence electrons. The van der Waals surface area contributed by atoms with Crippen molar-refractivity contribution in [3.05, 3.63) is 59.5 Å². The number of benzene rings is 2. The molecule has 0 atom stereocenters. The lowest BCUT2D eigenvalue weighted by atomic mass is 10.1. The molecule has 0 radical (unpaired) electrons. The molecule has 1 heterocycles. The lowest BCUT2D eigenvalue weighted by molar-refractivity contribution is 1.43. The first-order valence-electron chi connectivity index (χ1n) is 5.38. The van der Waals surface area contributed by atoms with Gasteiger partial charge in [-0.3, -0.25) is 0 Å². The average molecular weight is 222 g/mol. The topological polar surface area (TPSA) is 45.2 Å². The average Bonchev–Trinajstić information content (AvgIpc) is 2.82. The highest BCUT2D eigenvalue weighted by atomic mass is 16.3. The largest absolute Gasteiger partial charge is 0.355 e. The van der Waals surface area contributed by atoms with Crippen molar-refractivity contribution in [1.82, 2.24) is 4.98 Å². The van der Waals surface area contributed by atoms with Crippen LogP contribution in [0.3, 0.4) is 0 Å². The van der Waals surface area contributed by atoms with Gasteiger partial charge in [0.05, 0.1) is 0 Å². The summed E-state index contributed by atoms with van der Waals surface area (Å²) in [7, 11) is 0. The number of fused-ring (bicyclic) bond motifs is 1. The van der Waals surface area contributed by atoms with E-state index in [1.54, 1.807) is 12.1 Å². The van der Waals surface area contributed by atoms with Crippen molar-refractivity contribution in [2.75, 3.05) is 0 Å². The monoisotopic (exact) mass is 222 g/mol. The molecule has 17 heavy (non-hydrogen) atoms. The molecule has 0 saturated carbocycles. The molecule has 0 spiro atoms. The minimum atomic E-state index is 0.446. The molecule has 3 rings (SSSR count). The van der Waals surface area contributed by atoms with Gasteiger partial charge in [0, 0.05) is 22.2 Å². The van der Waals surface area contributed by atoms with E-state index in [1.807, 2.05) is 30.3 Å². The molecule has 2 aromatic carbocycles. The number of hydrogen-bond donors (Lipinski definition) is 1. The SMILES string of the molecule is O=Nc1cccc(-c2cc3ccccc3[nH]2)c1. The summed E-state index contributed by atoms with van der Waals surface area (Å²) in [5.74, 6) is 0. The quantitative estimate of drug-likeness (QED) is 0.648. The van der Waals surface area contributed by atoms with Crippen molar-refractivity contribution in [3.63, 3.8) is 0 Å². The predicted molar refractivity (Wildman–Crippen MR) is 69.2 cm³/mol. The number of para-hydroxylation sites is 1. The molecule has 0 aliphatic carbocycles. The molecular weight excluding hydrogens is 212 g/mol. The minimum absolute atomic E-state index is 0.446. The standard InChI is InChI=1S/C14H10N2O/c17-16-12-6-3-5-10(8-12)14-9-11-4-1-2-7-13(11)15-14/h1-9,15H. The van der Waals surface area contributed by atoms with Crippen molar-refractivity contribution in [1.29, 1.82) is 0 Å². The Bertz CT molecular complexity index is 652. The zero-order valence-corrected chi connectivity index (χ0v) is 9.05. The normalized spacial score (nSPS) is 10.6. The van der Waals surface area contributed by atoms with E-state index in [0.29, 0.717) is 5.69 Å². The van der Waals surface area contributed by atoms with E-state index >= 15 is 0 Å². The van der Waals surface area contributed by atoms with E-state index in [4.69, 9.17) is 0 Å². The highest BCUT2D eigenvalue weighted by Gasteiger charge is 2.03. The van der Waals surface area contributed by atoms with Gasteiger partial charge in [0.15, 0.2) is 0 Å². The molecule has 0 amide bonds. The second kappa shape index (κ2) is 3.87. The first kappa shape index (κ1) is 9.78. The molecule has 0 saturated heterocycles. The van der Waals surface area contributed by atoms with Crippen LogP contribution in [0, 0.1) is 4.91 Å². The molecule has 0 unspecified atom stereocenters. The van der Waals surface area contributed by atoms with Crippen molar-refractivity contribution >= 4 is 16.6 Å². The lowest BCUT2D eigenvalue weighted by Crippen LogP contribution is -1.75. The van der Waals surface area contributed by atoms with E-state index in [0.717, 1.165) is 22.2 Å². The van der Waals surface area contributed by atoms with Gasteiger partial charge < -0.3 is 4.98 Å². The first-order chi connectivity index (χ1) is 8.36. The maximum absolute atomic E-state index is 10.5. The second-order valence-electron chi connectivity index (χ2n) is 3.91. The molecule has 1 N–H and O–H groups in total. The van der Waals surface area contributed by atoms with Gasteiger partial charge in [0.25, 0.3) is 0 Å². The van der Waals surface area contributed by atoms with Gasteiger partial charge in [0.2, 0.25) is 0 Å². The molecule has 1 aromatic heterocycles. The van der Waals surface area contributed by atoms with E-state index in [-0.39, 0.29) is 0 Å². The van der Waals surface area contributed by atoms with Crippen LogP contribution in [0.4, 0.5) is 5.69 Å². The van der Waals surface area contributed by atoms with Crippen LogP contribution < -0.4 is 0 Å². The molecule has 3 aromatic rings. The zero-order valence-electron chi connectivity index (χ0n) is 9.05. The number of nitrogens with zero attached hydrogens (tertiary/aromatic N) is 1. The Balaban J connectivity index is 2.16. The molecule has 0 bridgehead atoms. The Morgan fingerprint density at radius 2 is 1.82 bits per heavy atom. The van der Waals surface area contributed by atoms with E-state index in [2.05, 4.69) is 22.3 Å². The van der Waals surface area contributed by atoms with Crippen molar-refractivity contribution in [3.8, 4) is 11.3 Å². The fraction of sp³-hybridized carbons (Fsp3) is 0. The Kier molecular flexibility index (Phi) is 2.22. The number of nitroso groups, excluding NO2 is 1. The first-order valence-corrected chi connectivity index (χ1v) is 5.38. The maximum Gasteiger partial charge on any atom is 0.108 e. The number of aromatic amines is 1. The minimum Gasteiger partial charge on any atom is -0.355 e. The summed E-state index contributed by atoms with van der Waals surface area (Å²) >= 11 is 0. The smallest absolute Gasteiger partial charge is 0.108 e. The highest BCUT2D eigenvalue weighted by molar-refractivity contribution is 5.86. The molecular formula is C14H10N2O. The summed E-state index contributed by atoms with van der Waals surface area (Å²) in [6.07, 6.45) is 0. The van der Waals surface area contributed by atoms with E-state index in [9.17, 15) is 4.91 Å². The molecule has 0 aliphatic rings. The lowest BCUT2D eigenvalue weighted by Gasteiger charge is -1.97. The van der Waals surface area contributed by atoms with Gasteiger partial charge in [-0.15, -0.1) is 4.91 Å². The molecule has 0 aliphatic heterocycles. The van der Waals surface area contributed by atoms with Crippen molar-refractivity contribution in [2.24, 2.45) is 5.18 Å². The molecule has 0 fully saturated rings. The Morgan fingerprint density at radius 3 is 2.65 bits per heavy atom. The second-order valence-corrected chi connectivity index (χ2v) is 3.91. The summed E-state index contributed by atoms with van der Waals surface area (Å²) in [4.78, 5) is 13.8. The highest BCUT2D eigenvalue weighted by Crippen LogP contribution is 2.26. The van der Waals surface area contributed by atoms with Gasteiger partial charge in [-0.25, -0.2) is 0 Å². The zero-order chi connectivity index (χ0) is 11.7. The Labute approximate surface area is 98.1 Å². The number of nitrogens with one attached hydrogen (secondary N) is 1. The van der Waals surface area contributed by atoms with Gasteiger partial charge in [-0.05, 0) is 29.4 Å². The van der Waals surface area contributed by atoms with Crippen LogP contribution in [0.2, 0.25) is 0 Å². The van der Waals surface area contributed by atoms with Gasteiger partial charge in [-0.1, -0.05) is 30.3 Å². The van der Waals surface area contributed by atoms with E-state index < -0.39 is 0 Å². The number of hydrogen-bond acceptors (Lipinski definition) is 2. The Morgan fingerprint density at radius 1 is 0.941 bits per heavy atom. The third-order valence-electron chi connectivity index (χ3n) is 2.79. The van der Waals surface area contributed by atoms with Crippen LogP contribution in [0.1, 0.15) is 0 Å². The van der Waals surface area contributed by atoms with Gasteiger partial charge in [0.1, 0.15) is 5.69 Å². The predicted octanol–water partition coefficient (Wildman–Crippen LogP) is 4.23. The third-order valence-corrected chi connectivity index (χ3v) is 2.79. The van der Waals surface area contributed by atoms with Crippen LogP contribution in [0.15, 0.2) is 59.8 Å². The summed E-state index contributed by atoms with van der Waals surface area (Å²) < 4.78 is 0. The van der Waals surface area contributed by atoms with E-state index in [1.165, 1.54) is 0 Å². The van der Waals surface area contributed by atoms with Crippen LogP contribution in [0.25, 0.3) is 22.2 Å². The summed E-state index contributed by atoms with van der Waals surface area (Å²) in [6, 6.07) is 17.4. The summed E-state index contributed by atoms with van der Waals surface area (Å²) in [5, 5.41) is 4.11. The van der Waals surface area contributed by atoms with Crippen LogP contribution in [-0.2, 0) is 0 Å². The Hall–Kier alpha value is -2.42. The fourth-order valence-electron chi connectivity index (χ4n) is 1.96. The summed E-state index contributed by atoms with van der Waals surface area (Å²) in [6.45, 7) is 0. The number of aromatic nitrogens is 1. The van der Waals surface area contributed by atoms with Gasteiger partial charge in [-0.2, -0.15) is 0 Å². The summed E-state index contributed by atoms with van der Waals surface area (Å²) in [5.41, 5.74) is 3.50. The van der Waals surface area contributed by atoms with Crippen molar-refractivity contribution < 1.29 is 0 Å². The fourth-order valence-corrected chi connectivity index (χ4v) is 1.96. The van der Waals surface area contributed by atoms with Crippen molar-refractivity contribution in [2.45, 2.75) is 0 Å².